The maximum atomic E-state index is 11.7. The molecule has 0 aromatic heterocycles. The molecule has 0 aliphatic heterocycles. The van der Waals surface area contributed by atoms with Crippen molar-refractivity contribution in [3.8, 4) is 11.5 Å². The predicted molar refractivity (Wildman–Crippen MR) is 113 cm³/mol. The van der Waals surface area contributed by atoms with E-state index in [0.29, 0.717) is 30.4 Å². The van der Waals surface area contributed by atoms with Gasteiger partial charge in [-0.2, -0.15) is 0 Å². The average molecular weight is 389 g/mol. The van der Waals surface area contributed by atoms with Gasteiger partial charge in [0.1, 0.15) is 36.6 Å². The van der Waals surface area contributed by atoms with Crippen LogP contribution >= 0.6 is 0 Å². The zero-order valence-electron chi connectivity index (χ0n) is 16.3. The predicted octanol–water partition coefficient (Wildman–Crippen LogP) is 5.11. The van der Waals surface area contributed by atoms with Crippen molar-refractivity contribution in [3.63, 3.8) is 0 Å². The van der Waals surface area contributed by atoms with Gasteiger partial charge in [-0.05, 0) is 30.2 Å². The van der Waals surface area contributed by atoms with Crippen molar-refractivity contribution < 1.29 is 19.0 Å². The summed E-state index contributed by atoms with van der Waals surface area (Å²) in [5.74, 6) is 0.541. The minimum absolute atomic E-state index is 0.286. The number of aliphatic imine (C=N–C) groups is 1. The Bertz CT molecular complexity index is 878. The van der Waals surface area contributed by atoms with Crippen LogP contribution < -0.4 is 9.47 Å². The Balaban J connectivity index is 1.82. The van der Waals surface area contributed by atoms with E-state index in [1.165, 1.54) is 0 Å². The Kier molecular flexibility index (Phi) is 7.41. The third-order valence-corrected chi connectivity index (χ3v) is 4.02. The van der Waals surface area contributed by atoms with Crippen LogP contribution in [0.15, 0.2) is 83.9 Å². The molecule has 0 N–H and O–H groups in total. The summed E-state index contributed by atoms with van der Waals surface area (Å²) in [6.45, 7) is 2.79. The van der Waals surface area contributed by atoms with Gasteiger partial charge in [0, 0.05) is 0 Å². The van der Waals surface area contributed by atoms with E-state index in [-0.39, 0.29) is 6.61 Å². The molecule has 0 aliphatic rings. The SMILES string of the molecule is CCOC(=O)C=Nc1c(OCc2ccccc2)cccc1OCc1ccccc1. The molecule has 0 radical (unpaired) electrons. The Morgan fingerprint density at radius 2 is 1.31 bits per heavy atom. The molecule has 148 valence electrons. The molecule has 0 spiro atoms. The van der Waals surface area contributed by atoms with Gasteiger partial charge in [-0.3, -0.25) is 0 Å². The molecule has 0 unspecified atom stereocenters. The number of benzene rings is 3. The summed E-state index contributed by atoms with van der Waals surface area (Å²) in [6, 6.07) is 25.1. The Hall–Kier alpha value is -3.60. The minimum Gasteiger partial charge on any atom is -0.486 e. The second kappa shape index (κ2) is 10.7. The van der Waals surface area contributed by atoms with Crippen molar-refractivity contribution in [1.82, 2.24) is 0 Å². The molecule has 29 heavy (non-hydrogen) atoms. The second-order valence-corrected chi connectivity index (χ2v) is 6.16. The molecule has 0 aliphatic carbocycles. The number of rotatable bonds is 9. The number of para-hydroxylation sites is 1. The van der Waals surface area contributed by atoms with Crippen LogP contribution in [0.3, 0.4) is 0 Å². The van der Waals surface area contributed by atoms with E-state index in [2.05, 4.69) is 4.99 Å². The highest BCUT2D eigenvalue weighted by Crippen LogP contribution is 2.38. The molecule has 0 fully saturated rings. The quantitative estimate of drug-likeness (QED) is 0.377. The van der Waals surface area contributed by atoms with E-state index >= 15 is 0 Å². The molecule has 5 heteroatoms. The topological polar surface area (TPSA) is 57.1 Å². The highest BCUT2D eigenvalue weighted by Gasteiger charge is 2.11. The Labute approximate surface area is 170 Å². The van der Waals surface area contributed by atoms with Crippen LogP contribution in [0.4, 0.5) is 5.69 Å². The van der Waals surface area contributed by atoms with Crippen molar-refractivity contribution in [2.24, 2.45) is 4.99 Å². The van der Waals surface area contributed by atoms with Gasteiger partial charge in [0.25, 0.3) is 0 Å². The van der Waals surface area contributed by atoms with Crippen molar-refractivity contribution in [2.75, 3.05) is 6.61 Å². The summed E-state index contributed by atoms with van der Waals surface area (Å²) in [4.78, 5) is 16.0. The number of carbonyl (C=O) groups excluding carboxylic acids is 1. The second-order valence-electron chi connectivity index (χ2n) is 6.16. The summed E-state index contributed by atoms with van der Waals surface area (Å²) < 4.78 is 16.9. The lowest BCUT2D eigenvalue weighted by Crippen LogP contribution is -2.05. The summed E-state index contributed by atoms with van der Waals surface area (Å²) in [6.07, 6.45) is 1.14. The third-order valence-electron chi connectivity index (χ3n) is 4.02. The van der Waals surface area contributed by atoms with Crippen LogP contribution in [0.5, 0.6) is 11.5 Å². The molecule has 0 atom stereocenters. The van der Waals surface area contributed by atoms with Gasteiger partial charge in [0.2, 0.25) is 0 Å². The van der Waals surface area contributed by atoms with Crippen molar-refractivity contribution >= 4 is 17.9 Å². The molecule has 5 nitrogen and oxygen atoms in total. The van der Waals surface area contributed by atoms with E-state index in [1.807, 2.05) is 66.7 Å². The van der Waals surface area contributed by atoms with Gasteiger partial charge in [-0.15, -0.1) is 0 Å². The first-order valence-electron chi connectivity index (χ1n) is 9.43. The molecule has 0 heterocycles. The van der Waals surface area contributed by atoms with Gasteiger partial charge in [-0.1, -0.05) is 66.7 Å². The monoisotopic (exact) mass is 389 g/mol. The highest BCUT2D eigenvalue weighted by molar-refractivity contribution is 6.23. The highest BCUT2D eigenvalue weighted by atomic mass is 16.5. The summed E-state index contributed by atoms with van der Waals surface area (Å²) in [5.41, 5.74) is 2.51. The van der Waals surface area contributed by atoms with Crippen molar-refractivity contribution in [2.45, 2.75) is 20.1 Å². The first kappa shape index (κ1) is 20.1. The fourth-order valence-electron chi connectivity index (χ4n) is 2.63. The Morgan fingerprint density at radius 1 is 0.793 bits per heavy atom. The zero-order chi connectivity index (χ0) is 20.3. The fourth-order valence-corrected chi connectivity index (χ4v) is 2.63. The number of esters is 1. The molecule has 0 amide bonds. The van der Waals surface area contributed by atoms with E-state index < -0.39 is 5.97 Å². The smallest absolute Gasteiger partial charge is 0.349 e. The Morgan fingerprint density at radius 3 is 1.79 bits per heavy atom. The number of nitrogens with zero attached hydrogens (tertiary/aromatic N) is 1. The number of carbonyl (C=O) groups is 1. The zero-order valence-corrected chi connectivity index (χ0v) is 16.3. The number of hydrogen-bond acceptors (Lipinski definition) is 5. The lowest BCUT2D eigenvalue weighted by Gasteiger charge is -2.14. The minimum atomic E-state index is -0.514. The first-order valence-corrected chi connectivity index (χ1v) is 9.43. The van der Waals surface area contributed by atoms with Crippen LogP contribution in [-0.4, -0.2) is 18.8 Å². The van der Waals surface area contributed by atoms with Crippen LogP contribution in [0.2, 0.25) is 0 Å². The molecule has 3 rings (SSSR count). The van der Waals surface area contributed by atoms with E-state index in [4.69, 9.17) is 14.2 Å². The van der Waals surface area contributed by atoms with Gasteiger partial charge < -0.3 is 14.2 Å². The van der Waals surface area contributed by atoms with E-state index in [0.717, 1.165) is 17.3 Å². The van der Waals surface area contributed by atoms with Gasteiger partial charge >= 0.3 is 5.97 Å². The van der Waals surface area contributed by atoms with Crippen LogP contribution in [-0.2, 0) is 22.7 Å². The van der Waals surface area contributed by atoms with Crippen LogP contribution in [0.25, 0.3) is 0 Å². The molecule has 0 saturated heterocycles. The van der Waals surface area contributed by atoms with E-state index in [1.54, 1.807) is 19.1 Å². The maximum Gasteiger partial charge on any atom is 0.349 e. The lowest BCUT2D eigenvalue weighted by molar-refractivity contribution is -0.134. The first-order chi connectivity index (χ1) is 14.3. The molecule has 3 aromatic carbocycles. The van der Waals surface area contributed by atoms with Crippen molar-refractivity contribution in [3.05, 3.63) is 90.0 Å². The van der Waals surface area contributed by atoms with Crippen LogP contribution in [0, 0.1) is 0 Å². The van der Waals surface area contributed by atoms with E-state index in [9.17, 15) is 4.79 Å². The summed E-state index contributed by atoms with van der Waals surface area (Å²) >= 11 is 0. The van der Waals surface area contributed by atoms with Crippen molar-refractivity contribution in [1.29, 1.82) is 0 Å². The summed E-state index contributed by atoms with van der Waals surface area (Å²) in [5, 5.41) is 0. The van der Waals surface area contributed by atoms with Gasteiger partial charge in [0.15, 0.2) is 0 Å². The van der Waals surface area contributed by atoms with Gasteiger partial charge in [0.05, 0.1) is 6.61 Å². The third kappa shape index (κ3) is 6.21. The van der Waals surface area contributed by atoms with Crippen LogP contribution in [0.1, 0.15) is 18.1 Å². The lowest BCUT2D eigenvalue weighted by atomic mass is 10.2. The molecular formula is C24H23NO4. The molecule has 0 bridgehead atoms. The average Bonchev–Trinajstić information content (AvgIpc) is 2.77. The maximum absolute atomic E-state index is 11.7. The largest absolute Gasteiger partial charge is 0.486 e. The van der Waals surface area contributed by atoms with Gasteiger partial charge in [-0.25, -0.2) is 9.79 Å². The number of hydrogen-bond donors (Lipinski definition) is 0. The fraction of sp³-hybridized carbons (Fsp3) is 0.167. The molecular weight excluding hydrogens is 366 g/mol. The normalized spacial score (nSPS) is 10.7. The molecule has 3 aromatic rings. The molecule has 0 saturated carbocycles. The standard InChI is InChI=1S/C24H23NO4/c1-2-27-23(26)16-25-24-21(28-17-19-10-5-3-6-11-19)14-9-15-22(24)29-18-20-12-7-4-8-13-20/h3-16H,2,17-18H2,1H3. The number of ether oxygens (including phenoxy) is 3. The summed E-state index contributed by atoms with van der Waals surface area (Å²) in [7, 11) is 0.